The summed E-state index contributed by atoms with van der Waals surface area (Å²) in [5.41, 5.74) is 13.0. The second-order valence-corrected chi connectivity index (χ2v) is 5.32. The summed E-state index contributed by atoms with van der Waals surface area (Å²) in [6, 6.07) is 0. The molecule has 0 heterocycles. The van der Waals surface area contributed by atoms with Crippen LogP contribution < -0.4 is 5.73 Å². The van der Waals surface area contributed by atoms with Gasteiger partial charge in [0.25, 0.3) is 0 Å². The molecule has 0 saturated heterocycles. The normalized spacial score (nSPS) is 10.8. The van der Waals surface area contributed by atoms with Gasteiger partial charge in [-0.2, -0.15) is 0 Å². The molecule has 2 N–H and O–H groups in total. The van der Waals surface area contributed by atoms with E-state index in [9.17, 15) is 0 Å². The molecule has 0 atom stereocenters. The van der Waals surface area contributed by atoms with E-state index < -0.39 is 0 Å². The van der Waals surface area contributed by atoms with Crippen LogP contribution in [0.15, 0.2) is 0 Å². The molecule has 1 nitrogen and oxygen atoms in total. The van der Waals surface area contributed by atoms with E-state index >= 15 is 0 Å². The molecular formula is C14H22IN. The lowest BCUT2D eigenvalue weighted by atomic mass is 9.90. The molecule has 1 aromatic carbocycles. The van der Waals surface area contributed by atoms with Gasteiger partial charge in [-0.1, -0.05) is 27.2 Å². The van der Waals surface area contributed by atoms with Gasteiger partial charge in [0.1, 0.15) is 0 Å². The predicted octanol–water partition coefficient (Wildman–Crippen LogP) is 4.26. The molecule has 0 spiro atoms. The molecule has 0 radical (unpaired) electrons. The van der Waals surface area contributed by atoms with Crippen LogP contribution in [0.1, 0.15) is 49.4 Å². The third-order valence-corrected chi connectivity index (χ3v) is 4.72. The zero-order valence-electron chi connectivity index (χ0n) is 10.8. The van der Waals surface area contributed by atoms with E-state index in [1.807, 2.05) is 0 Å². The minimum atomic E-state index is 1.02. The summed E-state index contributed by atoms with van der Waals surface area (Å²) in [6.45, 7) is 8.83. The van der Waals surface area contributed by atoms with Gasteiger partial charge in [-0.3, -0.25) is 0 Å². The van der Waals surface area contributed by atoms with Crippen molar-refractivity contribution in [1.29, 1.82) is 0 Å². The first-order valence-corrected chi connectivity index (χ1v) is 7.24. The second-order valence-electron chi connectivity index (χ2n) is 4.25. The number of benzene rings is 1. The fourth-order valence-electron chi connectivity index (χ4n) is 2.37. The van der Waals surface area contributed by atoms with Crippen molar-refractivity contribution in [3.63, 3.8) is 0 Å². The van der Waals surface area contributed by atoms with Crippen LogP contribution in [-0.2, 0) is 19.3 Å². The fraction of sp³-hybridized carbons (Fsp3) is 0.571. The standard InChI is InChI=1S/C14H22IN/c1-5-8-12-10(6-2)13(15)9(4)14(16)11(12)7-3/h5-8,16H2,1-4H3. The molecule has 1 aromatic rings. The number of hydrogen-bond acceptors (Lipinski definition) is 1. The van der Waals surface area contributed by atoms with Crippen molar-refractivity contribution < 1.29 is 0 Å². The highest BCUT2D eigenvalue weighted by Crippen LogP contribution is 2.32. The number of anilines is 1. The summed E-state index contributed by atoms with van der Waals surface area (Å²) in [6.07, 6.45) is 4.51. The Bertz CT molecular complexity index is 352. The molecule has 90 valence electrons. The quantitative estimate of drug-likeness (QED) is 0.647. The maximum Gasteiger partial charge on any atom is 0.0389 e. The van der Waals surface area contributed by atoms with Crippen LogP contribution in [0.4, 0.5) is 5.69 Å². The van der Waals surface area contributed by atoms with Crippen LogP contribution in [0, 0.1) is 10.5 Å². The molecule has 0 aromatic heterocycles. The number of hydrogen-bond donors (Lipinski definition) is 1. The summed E-state index contributed by atoms with van der Waals surface area (Å²) < 4.78 is 1.37. The maximum absolute atomic E-state index is 6.24. The summed E-state index contributed by atoms with van der Waals surface area (Å²) >= 11 is 2.45. The summed E-state index contributed by atoms with van der Waals surface area (Å²) in [5, 5.41) is 0. The lowest BCUT2D eigenvalue weighted by Gasteiger charge is -2.20. The van der Waals surface area contributed by atoms with Crippen LogP contribution in [-0.4, -0.2) is 0 Å². The zero-order chi connectivity index (χ0) is 12.3. The first-order valence-electron chi connectivity index (χ1n) is 6.16. The van der Waals surface area contributed by atoms with Crippen molar-refractivity contribution in [2.24, 2.45) is 0 Å². The van der Waals surface area contributed by atoms with Crippen LogP contribution in [0.2, 0.25) is 0 Å². The first kappa shape index (κ1) is 13.8. The Morgan fingerprint density at radius 1 is 1.00 bits per heavy atom. The number of rotatable bonds is 4. The predicted molar refractivity (Wildman–Crippen MR) is 81.1 cm³/mol. The van der Waals surface area contributed by atoms with Crippen molar-refractivity contribution in [3.05, 3.63) is 25.8 Å². The van der Waals surface area contributed by atoms with Gasteiger partial charge in [-0.25, -0.2) is 0 Å². The Labute approximate surface area is 113 Å². The highest BCUT2D eigenvalue weighted by Gasteiger charge is 2.16. The largest absolute Gasteiger partial charge is 0.398 e. The smallest absolute Gasteiger partial charge is 0.0389 e. The number of halogens is 1. The number of nitrogens with two attached hydrogens (primary N) is 1. The SMILES string of the molecule is CCCc1c(CC)c(N)c(C)c(I)c1CC. The van der Waals surface area contributed by atoms with Gasteiger partial charge < -0.3 is 5.73 Å². The van der Waals surface area contributed by atoms with E-state index in [0.717, 1.165) is 24.9 Å². The Morgan fingerprint density at radius 3 is 2.00 bits per heavy atom. The lowest BCUT2D eigenvalue weighted by molar-refractivity contribution is 0.872. The van der Waals surface area contributed by atoms with E-state index in [2.05, 4.69) is 50.3 Å². The second kappa shape index (κ2) is 5.89. The number of nitrogen functional groups attached to an aromatic ring is 1. The maximum atomic E-state index is 6.24. The Hall–Kier alpha value is -0.250. The Balaban J connectivity index is 3.52. The molecule has 16 heavy (non-hydrogen) atoms. The van der Waals surface area contributed by atoms with Crippen LogP contribution in [0.5, 0.6) is 0 Å². The average molecular weight is 331 g/mol. The van der Waals surface area contributed by atoms with Gasteiger partial charge in [0, 0.05) is 9.26 Å². The van der Waals surface area contributed by atoms with Crippen molar-refractivity contribution in [2.75, 3.05) is 5.73 Å². The van der Waals surface area contributed by atoms with Gasteiger partial charge in [-0.15, -0.1) is 0 Å². The molecule has 0 aliphatic carbocycles. The highest BCUT2D eigenvalue weighted by atomic mass is 127. The molecule has 0 saturated carbocycles. The molecule has 0 bridgehead atoms. The van der Waals surface area contributed by atoms with Crippen LogP contribution >= 0.6 is 22.6 Å². The van der Waals surface area contributed by atoms with Crippen LogP contribution in [0.3, 0.4) is 0 Å². The van der Waals surface area contributed by atoms with Crippen molar-refractivity contribution >= 4 is 28.3 Å². The van der Waals surface area contributed by atoms with Gasteiger partial charge in [0.05, 0.1) is 0 Å². The Kier molecular flexibility index (Phi) is 5.09. The summed E-state index contributed by atoms with van der Waals surface area (Å²) in [5.74, 6) is 0. The van der Waals surface area contributed by atoms with E-state index in [1.165, 1.54) is 32.2 Å². The van der Waals surface area contributed by atoms with Gasteiger partial charge in [0.2, 0.25) is 0 Å². The summed E-state index contributed by atoms with van der Waals surface area (Å²) in [7, 11) is 0. The molecule has 0 amide bonds. The van der Waals surface area contributed by atoms with Crippen molar-refractivity contribution in [1.82, 2.24) is 0 Å². The third kappa shape index (κ3) is 2.36. The minimum absolute atomic E-state index is 1.02. The molecule has 2 heteroatoms. The molecule has 0 fully saturated rings. The van der Waals surface area contributed by atoms with Gasteiger partial charge in [0.15, 0.2) is 0 Å². The van der Waals surface area contributed by atoms with E-state index in [1.54, 1.807) is 0 Å². The molecule has 0 unspecified atom stereocenters. The molecule has 0 aliphatic heterocycles. The zero-order valence-corrected chi connectivity index (χ0v) is 12.9. The molecule has 1 rings (SSSR count). The lowest BCUT2D eigenvalue weighted by Crippen LogP contribution is -2.08. The van der Waals surface area contributed by atoms with E-state index in [-0.39, 0.29) is 0 Å². The minimum Gasteiger partial charge on any atom is -0.398 e. The third-order valence-electron chi connectivity index (χ3n) is 3.26. The monoisotopic (exact) mass is 331 g/mol. The first-order chi connectivity index (χ1) is 7.58. The highest BCUT2D eigenvalue weighted by molar-refractivity contribution is 14.1. The van der Waals surface area contributed by atoms with Gasteiger partial charge in [-0.05, 0) is 71.0 Å². The molecule has 0 aliphatic rings. The van der Waals surface area contributed by atoms with Crippen molar-refractivity contribution in [3.8, 4) is 0 Å². The van der Waals surface area contributed by atoms with E-state index in [4.69, 9.17) is 5.73 Å². The topological polar surface area (TPSA) is 26.0 Å². The fourth-order valence-corrected chi connectivity index (χ4v) is 3.37. The van der Waals surface area contributed by atoms with Crippen LogP contribution in [0.25, 0.3) is 0 Å². The van der Waals surface area contributed by atoms with E-state index in [0.29, 0.717) is 0 Å². The molecular weight excluding hydrogens is 309 g/mol. The average Bonchev–Trinajstić information content (AvgIpc) is 2.28. The van der Waals surface area contributed by atoms with Crippen molar-refractivity contribution in [2.45, 2.75) is 53.4 Å². The van der Waals surface area contributed by atoms with Gasteiger partial charge >= 0.3 is 0 Å². The summed E-state index contributed by atoms with van der Waals surface area (Å²) in [4.78, 5) is 0. The Morgan fingerprint density at radius 2 is 1.56 bits per heavy atom.